The molecule has 1 N–H and O–H groups in total. The molecule has 3 nitrogen and oxygen atoms in total. The first-order valence-electron chi connectivity index (χ1n) is 5.33. The topological polar surface area (TPSA) is 29.9 Å². The van der Waals surface area contributed by atoms with E-state index in [1.165, 1.54) is 5.69 Å². The van der Waals surface area contributed by atoms with Crippen molar-refractivity contribution < 1.29 is 0 Å². The molecule has 80 valence electrons. The molecule has 3 heteroatoms. The Kier molecular flexibility index (Phi) is 4.14. The summed E-state index contributed by atoms with van der Waals surface area (Å²) in [6.45, 7) is 10.6. The molecule has 0 aliphatic carbocycles. The van der Waals surface area contributed by atoms with Crippen LogP contribution in [-0.2, 0) is 13.1 Å². The quantitative estimate of drug-likeness (QED) is 0.779. The molecule has 0 amide bonds. The second kappa shape index (κ2) is 5.15. The largest absolute Gasteiger partial charge is 0.309 e. The van der Waals surface area contributed by atoms with Crippen LogP contribution in [-0.4, -0.2) is 15.8 Å². The number of nitrogens with zero attached hydrogens (tertiary/aromatic N) is 2. The van der Waals surface area contributed by atoms with Crippen molar-refractivity contribution >= 4 is 0 Å². The molecule has 0 atom stereocenters. The average molecular weight is 195 g/mol. The zero-order valence-electron chi connectivity index (χ0n) is 9.62. The molecule has 0 aliphatic heterocycles. The minimum atomic E-state index is 0.525. The van der Waals surface area contributed by atoms with E-state index in [9.17, 15) is 0 Å². The van der Waals surface area contributed by atoms with Gasteiger partial charge in [-0.1, -0.05) is 27.7 Å². The van der Waals surface area contributed by atoms with Crippen LogP contribution in [0.4, 0.5) is 0 Å². The number of nitrogens with one attached hydrogen (secondary N) is 1. The fourth-order valence-electron chi connectivity index (χ4n) is 1.33. The first-order valence-corrected chi connectivity index (χ1v) is 5.33. The Morgan fingerprint density at radius 1 is 1.36 bits per heavy atom. The third-order valence-electron chi connectivity index (χ3n) is 2.03. The van der Waals surface area contributed by atoms with Crippen molar-refractivity contribution in [3.05, 3.63) is 18.0 Å². The maximum absolute atomic E-state index is 4.31. The smallest absolute Gasteiger partial charge is 0.0522 e. The first-order chi connectivity index (χ1) is 6.59. The van der Waals surface area contributed by atoms with Crippen LogP contribution >= 0.6 is 0 Å². The molecule has 0 aromatic carbocycles. The lowest BCUT2D eigenvalue weighted by atomic mass is 10.2. The highest BCUT2D eigenvalue weighted by molar-refractivity contribution is 5.00. The van der Waals surface area contributed by atoms with Crippen LogP contribution in [0.1, 0.15) is 33.4 Å². The SMILES string of the molecule is CC(C)Cn1nccc1CNC(C)C. The van der Waals surface area contributed by atoms with Crippen LogP contribution in [0.15, 0.2) is 12.3 Å². The van der Waals surface area contributed by atoms with E-state index in [0.29, 0.717) is 12.0 Å². The van der Waals surface area contributed by atoms with Gasteiger partial charge in [-0.2, -0.15) is 5.10 Å². The number of rotatable bonds is 5. The highest BCUT2D eigenvalue weighted by Gasteiger charge is 2.04. The molecule has 0 saturated carbocycles. The minimum absolute atomic E-state index is 0.525. The molecule has 1 heterocycles. The standard InChI is InChI=1S/C11H21N3/c1-9(2)8-14-11(5-6-13-14)7-12-10(3)4/h5-6,9-10,12H,7-8H2,1-4H3. The van der Waals surface area contributed by atoms with Crippen molar-refractivity contribution in [2.45, 2.75) is 46.8 Å². The maximum atomic E-state index is 4.31. The fraction of sp³-hybridized carbons (Fsp3) is 0.727. The van der Waals surface area contributed by atoms with E-state index in [1.807, 2.05) is 6.20 Å². The van der Waals surface area contributed by atoms with Gasteiger partial charge in [-0.3, -0.25) is 4.68 Å². The normalized spacial score (nSPS) is 11.6. The summed E-state index contributed by atoms with van der Waals surface area (Å²) in [4.78, 5) is 0. The number of hydrogen-bond donors (Lipinski definition) is 1. The van der Waals surface area contributed by atoms with Crippen LogP contribution in [0.5, 0.6) is 0 Å². The Labute approximate surface area is 86.5 Å². The highest BCUT2D eigenvalue weighted by Crippen LogP contribution is 2.03. The van der Waals surface area contributed by atoms with Crippen molar-refractivity contribution in [2.75, 3.05) is 0 Å². The van der Waals surface area contributed by atoms with Crippen molar-refractivity contribution in [2.24, 2.45) is 5.92 Å². The van der Waals surface area contributed by atoms with Crippen molar-refractivity contribution in [3.8, 4) is 0 Å². The van der Waals surface area contributed by atoms with Gasteiger partial charge in [-0.05, 0) is 12.0 Å². The number of hydrogen-bond acceptors (Lipinski definition) is 2. The summed E-state index contributed by atoms with van der Waals surface area (Å²) in [5.41, 5.74) is 1.27. The Balaban J connectivity index is 2.53. The molecule has 1 rings (SSSR count). The summed E-state index contributed by atoms with van der Waals surface area (Å²) >= 11 is 0. The third-order valence-corrected chi connectivity index (χ3v) is 2.03. The van der Waals surface area contributed by atoms with E-state index >= 15 is 0 Å². The van der Waals surface area contributed by atoms with Crippen molar-refractivity contribution in [3.63, 3.8) is 0 Å². The molecule has 0 spiro atoms. The van der Waals surface area contributed by atoms with Crippen LogP contribution in [0.3, 0.4) is 0 Å². The van der Waals surface area contributed by atoms with Crippen molar-refractivity contribution in [1.82, 2.24) is 15.1 Å². The zero-order valence-corrected chi connectivity index (χ0v) is 9.62. The van der Waals surface area contributed by atoms with E-state index in [4.69, 9.17) is 0 Å². The minimum Gasteiger partial charge on any atom is -0.309 e. The summed E-state index contributed by atoms with van der Waals surface area (Å²) < 4.78 is 2.08. The summed E-state index contributed by atoms with van der Waals surface area (Å²) in [6, 6.07) is 2.61. The Hall–Kier alpha value is -0.830. The Morgan fingerprint density at radius 2 is 2.07 bits per heavy atom. The fourth-order valence-corrected chi connectivity index (χ4v) is 1.33. The molecule has 0 saturated heterocycles. The summed E-state index contributed by atoms with van der Waals surface area (Å²) in [6.07, 6.45) is 1.87. The molecule has 0 aliphatic rings. The number of aromatic nitrogens is 2. The molecule has 14 heavy (non-hydrogen) atoms. The maximum Gasteiger partial charge on any atom is 0.0522 e. The van der Waals surface area contributed by atoms with E-state index in [-0.39, 0.29) is 0 Å². The average Bonchev–Trinajstić information content (AvgIpc) is 2.47. The van der Waals surface area contributed by atoms with E-state index in [2.05, 4.69) is 48.9 Å². The molecular weight excluding hydrogens is 174 g/mol. The molecule has 1 aromatic rings. The Bertz CT molecular complexity index is 263. The lowest BCUT2D eigenvalue weighted by Crippen LogP contribution is -2.24. The summed E-state index contributed by atoms with van der Waals surface area (Å²) in [5.74, 6) is 0.646. The summed E-state index contributed by atoms with van der Waals surface area (Å²) in [7, 11) is 0. The van der Waals surface area contributed by atoms with Gasteiger partial charge in [0.15, 0.2) is 0 Å². The van der Waals surface area contributed by atoms with Gasteiger partial charge in [-0.15, -0.1) is 0 Å². The third kappa shape index (κ3) is 3.50. The van der Waals surface area contributed by atoms with Crippen LogP contribution < -0.4 is 5.32 Å². The second-order valence-corrected chi connectivity index (χ2v) is 4.43. The Morgan fingerprint density at radius 3 is 2.64 bits per heavy atom. The van der Waals surface area contributed by atoms with Crippen LogP contribution in [0.25, 0.3) is 0 Å². The predicted octanol–water partition coefficient (Wildman–Crippen LogP) is 2.04. The van der Waals surface area contributed by atoms with Gasteiger partial charge in [0.1, 0.15) is 0 Å². The van der Waals surface area contributed by atoms with Gasteiger partial charge in [0.2, 0.25) is 0 Å². The molecule has 1 aromatic heterocycles. The van der Waals surface area contributed by atoms with Gasteiger partial charge in [-0.25, -0.2) is 0 Å². The van der Waals surface area contributed by atoms with E-state index < -0.39 is 0 Å². The predicted molar refractivity (Wildman–Crippen MR) is 59.0 cm³/mol. The summed E-state index contributed by atoms with van der Waals surface area (Å²) in [5, 5.41) is 7.71. The lowest BCUT2D eigenvalue weighted by molar-refractivity contribution is 0.455. The molecule has 0 bridgehead atoms. The monoisotopic (exact) mass is 195 g/mol. The second-order valence-electron chi connectivity index (χ2n) is 4.43. The molecule has 0 radical (unpaired) electrons. The lowest BCUT2D eigenvalue weighted by Gasteiger charge is -2.12. The first kappa shape index (κ1) is 11.2. The van der Waals surface area contributed by atoms with Crippen molar-refractivity contribution in [1.29, 1.82) is 0 Å². The molecular formula is C11H21N3. The van der Waals surface area contributed by atoms with Gasteiger partial charge >= 0.3 is 0 Å². The van der Waals surface area contributed by atoms with Gasteiger partial charge in [0.25, 0.3) is 0 Å². The van der Waals surface area contributed by atoms with E-state index in [0.717, 1.165) is 13.1 Å². The van der Waals surface area contributed by atoms with Gasteiger partial charge in [0, 0.05) is 25.3 Å². The van der Waals surface area contributed by atoms with Crippen LogP contribution in [0, 0.1) is 5.92 Å². The highest BCUT2D eigenvalue weighted by atomic mass is 15.3. The van der Waals surface area contributed by atoms with Gasteiger partial charge < -0.3 is 5.32 Å². The van der Waals surface area contributed by atoms with Gasteiger partial charge in [0.05, 0.1) is 5.69 Å². The van der Waals surface area contributed by atoms with Crippen LogP contribution in [0.2, 0.25) is 0 Å². The molecule has 0 unspecified atom stereocenters. The van der Waals surface area contributed by atoms with E-state index in [1.54, 1.807) is 0 Å². The molecule has 0 fully saturated rings. The zero-order chi connectivity index (χ0) is 10.6.